The van der Waals surface area contributed by atoms with Gasteiger partial charge in [0.2, 0.25) is 5.78 Å². The number of thioether (sulfide) groups is 1. The lowest BCUT2D eigenvalue weighted by Gasteiger charge is -2.41. The SMILES string of the molecule is CCSC(N)=NC(=S)Nc1ccc(N2CCC(N3CCCCC3)CC2)cc1.COc1ccc(C(=O)CBr)cc1F.COc1ccc(C(=O)c2sc(Nc3ccc(N4CCC(N5CCCCC5)CC4)cc3)nc2N)cc1F.P. The highest BCUT2D eigenvalue weighted by atomic mass is 79.9. The van der Waals surface area contributed by atoms with Gasteiger partial charge in [-0.05, 0) is 180 Å². The van der Waals surface area contributed by atoms with Crippen molar-refractivity contribution in [3.05, 3.63) is 113 Å². The van der Waals surface area contributed by atoms with Crippen molar-refractivity contribution in [2.75, 3.05) is 104 Å². The number of thiocarbonyl (C=S) groups is 1. The summed E-state index contributed by atoms with van der Waals surface area (Å²) in [6, 6.07) is 26.5. The molecular formula is C56H74BrF2N10O4PS3. The summed E-state index contributed by atoms with van der Waals surface area (Å²) in [6.45, 7) is 11.6. The predicted molar refractivity (Wildman–Crippen MR) is 329 cm³/mol. The van der Waals surface area contributed by atoms with Gasteiger partial charge in [-0.2, -0.15) is 14.9 Å². The Balaban J connectivity index is 0.000000206. The summed E-state index contributed by atoms with van der Waals surface area (Å²) >= 11 is 10.9. The number of ketones is 2. The summed E-state index contributed by atoms with van der Waals surface area (Å²) in [5.41, 5.74) is 16.7. The predicted octanol–water partition coefficient (Wildman–Crippen LogP) is 11.7. The molecule has 4 aromatic carbocycles. The number of alkyl halides is 1. The summed E-state index contributed by atoms with van der Waals surface area (Å²) in [5, 5.41) is 7.99. The summed E-state index contributed by atoms with van der Waals surface area (Å²) in [7, 11) is 2.76. The summed E-state index contributed by atoms with van der Waals surface area (Å²) in [4.78, 5) is 43.1. The lowest BCUT2D eigenvalue weighted by molar-refractivity contribution is 0.102. The van der Waals surface area contributed by atoms with Crippen LogP contribution in [0.4, 0.5) is 42.5 Å². The Morgan fingerprint density at radius 2 is 1.21 bits per heavy atom. The zero-order valence-corrected chi connectivity index (χ0v) is 49.9. The number of piperidine rings is 4. The van der Waals surface area contributed by atoms with E-state index < -0.39 is 11.6 Å². The maximum Gasteiger partial charge on any atom is 0.206 e. The number of carbonyl (C=O) groups excluding carboxylic acids is 2. The number of nitrogens with one attached hydrogen (secondary N) is 2. The van der Waals surface area contributed by atoms with E-state index in [1.165, 1.54) is 158 Å². The maximum atomic E-state index is 14.1. The fourth-order valence-electron chi connectivity index (χ4n) is 10.0. The number of halogens is 3. The molecule has 77 heavy (non-hydrogen) atoms. The Labute approximate surface area is 478 Å². The van der Waals surface area contributed by atoms with Gasteiger partial charge >= 0.3 is 0 Å². The van der Waals surface area contributed by atoms with Crippen LogP contribution in [0.25, 0.3) is 0 Å². The standard InChI is InChI=1S/C27H32FN5O2S.C20H31N5S2.C9H8BrFO2.H3P/c1-35-23-10-5-18(17-22(23)28)24(34)25-26(29)31-27(36-25)30-19-6-8-20(9-7-19)33-15-11-21(12-16-33)32-13-3-2-4-14-32;1-2-27-19(21)23-20(26)22-16-6-8-17(9-7-16)25-14-10-18(11-15-25)24-12-4-3-5-13-24;1-13-9-3-2-6(4-7(9)11)8(12)5-10;/h5-10,17,21H,2-4,11-16,29H2,1H3,(H,30,31);6-9,18H,2-5,10-15H2,1H3,(H3,21,22,23,26);2-4H,5H2,1H3;1H3. The van der Waals surface area contributed by atoms with Gasteiger partial charge in [-0.1, -0.05) is 58.8 Å². The number of carbonyl (C=O) groups is 2. The number of Topliss-reactive ketones (excluding diaryl/α,β-unsaturated/α-hetero) is 1. The Kier molecular flexibility index (Phi) is 24.7. The molecule has 0 amide bonds. The molecule has 4 aliphatic rings. The highest BCUT2D eigenvalue weighted by molar-refractivity contribution is 9.09. The number of methoxy groups -OCH3 is 2. The average molecular weight is 1200 g/mol. The number of aliphatic imine (C=N–C) groups is 1. The quantitative estimate of drug-likeness (QED) is 0.0207. The fourth-order valence-corrected chi connectivity index (χ4v) is 11.9. The number of hydrogen-bond acceptors (Lipinski definition) is 14. The second-order valence-corrected chi connectivity index (χ2v) is 22.2. The topological polar surface area (TPSA) is 167 Å². The Morgan fingerprint density at radius 1 is 0.740 bits per heavy atom. The molecule has 9 rings (SSSR count). The van der Waals surface area contributed by atoms with Gasteiger partial charge in [0, 0.05) is 72.1 Å². The average Bonchev–Trinajstić information content (AvgIpc) is 3.82. The third kappa shape index (κ3) is 17.8. The second-order valence-electron chi connectivity index (χ2n) is 19.0. The number of ether oxygens (including phenoxy) is 2. The van der Waals surface area contributed by atoms with E-state index in [-0.39, 0.29) is 54.6 Å². The monoisotopic (exact) mass is 1190 g/mol. The van der Waals surface area contributed by atoms with Crippen LogP contribution in [0, 0.1) is 11.6 Å². The van der Waals surface area contributed by atoms with Gasteiger partial charge in [0.1, 0.15) is 10.7 Å². The van der Waals surface area contributed by atoms with Crippen molar-refractivity contribution in [1.29, 1.82) is 0 Å². The van der Waals surface area contributed by atoms with E-state index in [9.17, 15) is 18.4 Å². The van der Waals surface area contributed by atoms with Gasteiger partial charge in [-0.3, -0.25) is 9.59 Å². The first-order chi connectivity index (χ1) is 36.8. The van der Waals surface area contributed by atoms with Crippen LogP contribution in [0.3, 0.4) is 0 Å². The molecule has 4 aliphatic heterocycles. The number of aromatic nitrogens is 1. The van der Waals surface area contributed by atoms with Crippen molar-refractivity contribution in [3.63, 3.8) is 0 Å². The van der Waals surface area contributed by atoms with E-state index in [1.54, 1.807) is 0 Å². The van der Waals surface area contributed by atoms with E-state index >= 15 is 0 Å². The fraction of sp³-hybridized carbons (Fsp3) is 0.446. The Hall–Kier alpha value is -4.95. The number of thiazole rings is 1. The molecule has 0 saturated carbocycles. The minimum absolute atomic E-state index is 0. The van der Waals surface area contributed by atoms with E-state index in [0.29, 0.717) is 21.0 Å². The first kappa shape index (κ1) is 61.3. The van der Waals surface area contributed by atoms with Gasteiger partial charge in [0.05, 0.1) is 19.5 Å². The van der Waals surface area contributed by atoms with Gasteiger partial charge in [0.15, 0.2) is 44.3 Å². The molecule has 5 heterocycles. The highest BCUT2D eigenvalue weighted by Gasteiger charge is 2.27. The normalized spacial score (nSPS) is 16.7. The molecule has 0 radical (unpaired) electrons. The zero-order valence-electron chi connectivity index (χ0n) is 44.4. The number of benzene rings is 4. The van der Waals surface area contributed by atoms with Crippen molar-refractivity contribution in [3.8, 4) is 11.5 Å². The molecule has 5 aromatic rings. The molecule has 1 aromatic heterocycles. The molecule has 0 spiro atoms. The first-order valence-electron chi connectivity index (χ1n) is 26.2. The van der Waals surface area contributed by atoms with Crippen molar-refractivity contribution in [2.24, 2.45) is 10.7 Å². The van der Waals surface area contributed by atoms with Crippen molar-refractivity contribution in [2.45, 2.75) is 83.2 Å². The van der Waals surface area contributed by atoms with Crippen LogP contribution in [-0.4, -0.2) is 126 Å². The minimum atomic E-state index is -0.597. The molecule has 4 saturated heterocycles. The molecular weight excluding hydrogens is 1120 g/mol. The van der Waals surface area contributed by atoms with Crippen molar-refractivity contribution in [1.82, 2.24) is 14.8 Å². The largest absolute Gasteiger partial charge is 0.494 e. The van der Waals surface area contributed by atoms with Crippen LogP contribution >= 0.6 is 61.1 Å². The number of nitrogens with zero attached hydrogens (tertiary/aromatic N) is 6. The van der Waals surface area contributed by atoms with Gasteiger partial charge in [0.25, 0.3) is 0 Å². The number of rotatable bonds is 14. The molecule has 4 fully saturated rings. The van der Waals surface area contributed by atoms with Crippen LogP contribution in [0.15, 0.2) is 89.9 Å². The smallest absolute Gasteiger partial charge is 0.206 e. The maximum absolute atomic E-state index is 14.1. The van der Waals surface area contributed by atoms with Gasteiger partial charge < -0.3 is 51.2 Å². The molecule has 1 atom stereocenters. The summed E-state index contributed by atoms with van der Waals surface area (Å²) < 4.78 is 36.7. The van der Waals surface area contributed by atoms with Crippen LogP contribution in [0.5, 0.6) is 11.5 Å². The molecule has 1 unspecified atom stereocenters. The van der Waals surface area contributed by atoms with Crippen LogP contribution in [-0.2, 0) is 0 Å². The third-order valence-corrected chi connectivity index (χ3v) is 16.4. The van der Waals surface area contributed by atoms with E-state index in [2.05, 4.69) is 92.5 Å². The van der Waals surface area contributed by atoms with Gasteiger partial charge in [-0.15, -0.1) is 0 Å². The summed E-state index contributed by atoms with van der Waals surface area (Å²) in [6.07, 6.45) is 13.2. The lowest BCUT2D eigenvalue weighted by atomic mass is 9.99. The van der Waals surface area contributed by atoms with Crippen LogP contribution in [0.1, 0.15) is 96.7 Å². The highest BCUT2D eigenvalue weighted by Crippen LogP contribution is 2.33. The number of likely N-dealkylation sites (tertiary alicyclic amines) is 2. The van der Waals surface area contributed by atoms with Crippen molar-refractivity contribution < 1.29 is 27.8 Å². The minimum Gasteiger partial charge on any atom is -0.494 e. The number of hydrogen-bond donors (Lipinski definition) is 4. The molecule has 0 aliphatic carbocycles. The number of nitrogens with two attached hydrogens (primary N) is 2. The van der Waals surface area contributed by atoms with E-state index in [4.69, 9.17) is 33.2 Å². The van der Waals surface area contributed by atoms with Gasteiger partial charge in [-0.25, -0.2) is 13.8 Å². The molecule has 14 nitrogen and oxygen atoms in total. The van der Waals surface area contributed by atoms with E-state index in [1.807, 2.05) is 19.1 Å². The lowest BCUT2D eigenvalue weighted by Crippen LogP contribution is -2.46. The number of amidine groups is 1. The molecule has 416 valence electrons. The third-order valence-electron chi connectivity index (χ3n) is 14.1. The second kappa shape index (κ2) is 31.0. The number of anilines is 6. The molecule has 0 bridgehead atoms. The van der Waals surface area contributed by atoms with Crippen molar-refractivity contribution >= 4 is 117 Å². The first-order valence-corrected chi connectivity index (χ1v) is 29.5. The number of nitrogen functional groups attached to an aromatic ring is 1. The molecule has 6 N–H and O–H groups in total. The zero-order chi connectivity index (χ0) is 54.0. The summed E-state index contributed by atoms with van der Waals surface area (Å²) in [5.74, 6) is -0.399. The molecule has 21 heteroatoms. The van der Waals surface area contributed by atoms with Crippen LogP contribution in [0.2, 0.25) is 0 Å². The Morgan fingerprint density at radius 3 is 1.66 bits per heavy atom. The van der Waals surface area contributed by atoms with E-state index in [0.717, 1.165) is 72.8 Å². The Bertz CT molecular complexity index is 2720. The van der Waals surface area contributed by atoms with Crippen LogP contribution < -0.4 is 41.4 Å².